The summed E-state index contributed by atoms with van der Waals surface area (Å²) in [6.45, 7) is 6.03. The van der Waals surface area contributed by atoms with Gasteiger partial charge in [0.1, 0.15) is 6.17 Å². The summed E-state index contributed by atoms with van der Waals surface area (Å²) < 4.78 is 65.4. The van der Waals surface area contributed by atoms with Crippen molar-refractivity contribution in [2.24, 2.45) is 23.2 Å². The molecule has 3 fully saturated rings. The number of unbranched alkanes of at least 4 members (excludes halogenated alkanes) is 5. The van der Waals surface area contributed by atoms with Gasteiger partial charge in [0.05, 0.1) is 15.6 Å². The number of phenols is 1. The molecule has 2 N–H and O–H groups in total. The first-order valence-electron chi connectivity index (χ1n) is 17.7. The Balaban J connectivity index is 1.13. The molecule has 0 amide bonds. The van der Waals surface area contributed by atoms with Gasteiger partial charge in [-0.1, -0.05) is 62.2 Å². The standard InChI is InChI=1S/C36H51Cl2F5INO2/c1-33-21-28(39)30-24-20-27(37)32(46)31(38)25(24)19-22(29(30)26(33)14-16-34(33,2)47)11-6-5-9-17-45-18-10-13-23(45)12-7-3-4-8-15-35(40,41)36(42,43)44/h20,22-23,26,28-30,46-47H,3-19,21H2,1-2H3/t22?,23-,26+,28+,29+,30+,33+,34-/m1/s1. The molecule has 5 rings (SSSR count). The number of fused-ring (bicyclic) bond motifs is 5. The number of nitrogens with zero attached hydrogens (tertiary/aromatic N) is 1. The van der Waals surface area contributed by atoms with Crippen LogP contribution in [0.4, 0.5) is 22.0 Å². The van der Waals surface area contributed by atoms with Gasteiger partial charge < -0.3 is 15.1 Å². The Morgan fingerprint density at radius 3 is 2.40 bits per heavy atom. The Kier molecular flexibility index (Phi) is 12.1. The predicted molar refractivity (Wildman–Crippen MR) is 187 cm³/mol. The number of hydrogen-bond donors (Lipinski definition) is 2. The van der Waals surface area contributed by atoms with Crippen molar-refractivity contribution < 1.29 is 32.2 Å². The third-order valence-corrected chi connectivity index (χ3v) is 14.3. The maximum Gasteiger partial charge on any atom is 0.358 e. The van der Waals surface area contributed by atoms with Gasteiger partial charge in [-0.25, -0.2) is 4.39 Å². The van der Waals surface area contributed by atoms with E-state index in [1.54, 1.807) is 6.07 Å². The van der Waals surface area contributed by atoms with Gasteiger partial charge in [-0.3, -0.25) is 0 Å². The van der Waals surface area contributed by atoms with E-state index in [4.69, 9.17) is 23.2 Å². The van der Waals surface area contributed by atoms with Crippen LogP contribution in [0.15, 0.2) is 6.07 Å². The number of alkyl halides is 6. The number of phenolic OH excluding ortho intramolecular Hbond substituents is 1. The van der Waals surface area contributed by atoms with Crippen LogP contribution in [0.1, 0.15) is 127 Å². The second-order valence-corrected chi connectivity index (χ2v) is 17.7. The summed E-state index contributed by atoms with van der Waals surface area (Å²) in [4.78, 5) is 2.55. The molecule has 8 atom stereocenters. The lowest BCUT2D eigenvalue weighted by atomic mass is 9.50. The van der Waals surface area contributed by atoms with E-state index in [1.807, 2.05) is 6.92 Å². The van der Waals surface area contributed by atoms with E-state index in [-0.39, 0.29) is 45.9 Å². The summed E-state index contributed by atoms with van der Waals surface area (Å²) in [6.07, 6.45) is 10.3. The molecule has 1 heterocycles. The van der Waals surface area contributed by atoms with Crippen molar-refractivity contribution in [1.82, 2.24) is 4.90 Å². The van der Waals surface area contributed by atoms with Crippen LogP contribution in [0.5, 0.6) is 5.75 Å². The lowest BCUT2D eigenvalue weighted by Gasteiger charge is -2.56. The van der Waals surface area contributed by atoms with E-state index in [9.17, 15) is 27.8 Å². The van der Waals surface area contributed by atoms with Gasteiger partial charge in [0.25, 0.3) is 0 Å². The average Bonchev–Trinajstić information content (AvgIpc) is 3.53. The Labute approximate surface area is 300 Å². The number of rotatable bonds is 14. The molecule has 0 bridgehead atoms. The lowest BCUT2D eigenvalue weighted by Crippen LogP contribution is -2.55. The van der Waals surface area contributed by atoms with Crippen molar-refractivity contribution in [1.29, 1.82) is 0 Å². The van der Waals surface area contributed by atoms with Crippen LogP contribution in [0.25, 0.3) is 0 Å². The predicted octanol–water partition coefficient (Wildman–Crippen LogP) is 11.5. The molecule has 3 nitrogen and oxygen atoms in total. The van der Waals surface area contributed by atoms with Gasteiger partial charge in [-0.2, -0.15) is 17.6 Å². The fraction of sp³-hybridized carbons (Fsp3) is 0.833. The monoisotopic (exact) mass is 821 g/mol. The van der Waals surface area contributed by atoms with Crippen molar-refractivity contribution in [2.75, 3.05) is 13.1 Å². The van der Waals surface area contributed by atoms with E-state index in [1.165, 1.54) is 0 Å². The smallest absolute Gasteiger partial charge is 0.358 e. The van der Waals surface area contributed by atoms with Crippen molar-refractivity contribution in [3.8, 4) is 5.75 Å². The van der Waals surface area contributed by atoms with Crippen molar-refractivity contribution >= 4 is 45.8 Å². The van der Waals surface area contributed by atoms with E-state index in [0.717, 1.165) is 88.4 Å². The van der Waals surface area contributed by atoms with Crippen LogP contribution < -0.4 is 0 Å². The van der Waals surface area contributed by atoms with Crippen LogP contribution in [0.3, 0.4) is 0 Å². The van der Waals surface area contributed by atoms with E-state index >= 15 is 4.39 Å². The zero-order valence-electron chi connectivity index (χ0n) is 27.6. The van der Waals surface area contributed by atoms with Gasteiger partial charge in [0, 0.05) is 46.4 Å². The van der Waals surface area contributed by atoms with Gasteiger partial charge in [-0.05, 0) is 119 Å². The molecule has 0 aromatic heterocycles. The molecule has 1 aromatic rings. The molecular formula is C36H51Cl2F5INO2. The molecule has 1 aromatic carbocycles. The highest BCUT2D eigenvalue weighted by molar-refractivity contribution is 14.1. The minimum absolute atomic E-state index is 0.0779. The molecule has 1 unspecified atom stereocenters. The number of benzene rings is 1. The summed E-state index contributed by atoms with van der Waals surface area (Å²) in [5, 5.41) is 22.3. The minimum atomic E-state index is -4.00. The SMILES string of the molecule is C[C@]12C[C@H](F)[C@@H]3c4cc(Cl)c(O)c(Cl)c4CC(CCCCCN4CCC[C@H]4CCCCCCC(F)(F)C(F)(F)I)[C@H]3[C@@H]1CC[C@@]2(C)O. The maximum atomic E-state index is 16.3. The van der Waals surface area contributed by atoms with E-state index in [0.29, 0.717) is 54.3 Å². The number of aliphatic hydroxyl groups is 1. The zero-order valence-corrected chi connectivity index (χ0v) is 31.3. The average molecular weight is 823 g/mol. The minimum Gasteiger partial charge on any atom is -0.505 e. The summed E-state index contributed by atoms with van der Waals surface area (Å²) in [7, 11) is 0. The third-order valence-electron chi connectivity index (χ3n) is 12.8. The van der Waals surface area contributed by atoms with Crippen LogP contribution in [0.2, 0.25) is 10.0 Å². The van der Waals surface area contributed by atoms with Gasteiger partial charge >= 0.3 is 9.85 Å². The Morgan fingerprint density at radius 2 is 1.68 bits per heavy atom. The second-order valence-electron chi connectivity index (χ2n) is 15.5. The molecule has 268 valence electrons. The van der Waals surface area contributed by atoms with E-state index < -0.39 is 33.5 Å². The molecule has 2 saturated carbocycles. The topological polar surface area (TPSA) is 43.7 Å². The summed E-state index contributed by atoms with van der Waals surface area (Å²) >= 11 is 13.5. The molecule has 0 spiro atoms. The Morgan fingerprint density at radius 1 is 1.00 bits per heavy atom. The Bertz CT molecular complexity index is 1250. The highest BCUT2D eigenvalue weighted by Crippen LogP contribution is 2.67. The molecule has 47 heavy (non-hydrogen) atoms. The van der Waals surface area contributed by atoms with Crippen LogP contribution in [-0.4, -0.2) is 55.9 Å². The summed E-state index contributed by atoms with van der Waals surface area (Å²) in [5.41, 5.74) is 0.260. The van der Waals surface area contributed by atoms with E-state index in [2.05, 4.69) is 11.8 Å². The lowest BCUT2D eigenvalue weighted by molar-refractivity contribution is -0.145. The first kappa shape index (κ1) is 38.1. The molecule has 3 aliphatic carbocycles. The Hall–Kier alpha value is -0.100. The highest BCUT2D eigenvalue weighted by atomic mass is 127. The molecule has 0 radical (unpaired) electrons. The van der Waals surface area contributed by atoms with Gasteiger partial charge in [0.15, 0.2) is 5.75 Å². The third kappa shape index (κ3) is 7.74. The van der Waals surface area contributed by atoms with Crippen molar-refractivity contribution in [3.05, 3.63) is 27.2 Å². The summed E-state index contributed by atoms with van der Waals surface area (Å²) in [6, 6.07) is 2.22. The first-order valence-corrected chi connectivity index (χ1v) is 19.6. The fourth-order valence-corrected chi connectivity index (χ4v) is 10.8. The fourth-order valence-electron chi connectivity index (χ4n) is 9.98. The highest BCUT2D eigenvalue weighted by Gasteiger charge is 2.64. The summed E-state index contributed by atoms with van der Waals surface area (Å²) in [5.74, 6) is -3.95. The number of likely N-dealkylation sites (tertiary alicyclic amines) is 1. The normalized spacial score (nSPS) is 34.4. The van der Waals surface area contributed by atoms with Crippen LogP contribution >= 0.6 is 45.8 Å². The molecule has 1 aliphatic heterocycles. The largest absolute Gasteiger partial charge is 0.505 e. The van der Waals surface area contributed by atoms with Crippen LogP contribution in [-0.2, 0) is 6.42 Å². The molecule has 4 aliphatic rings. The first-order chi connectivity index (χ1) is 22.0. The zero-order chi connectivity index (χ0) is 34.4. The number of aromatic hydroxyl groups is 1. The second kappa shape index (κ2) is 14.9. The van der Waals surface area contributed by atoms with Crippen molar-refractivity contribution in [3.63, 3.8) is 0 Å². The molecule has 11 heteroatoms. The number of hydrogen-bond acceptors (Lipinski definition) is 3. The van der Waals surface area contributed by atoms with Gasteiger partial charge in [0.2, 0.25) is 0 Å². The maximum absolute atomic E-state index is 16.3. The number of halogens is 8. The van der Waals surface area contributed by atoms with Crippen LogP contribution in [0, 0.1) is 23.2 Å². The van der Waals surface area contributed by atoms with Crippen molar-refractivity contribution in [2.45, 2.75) is 150 Å². The molecule has 1 saturated heterocycles. The van der Waals surface area contributed by atoms with Gasteiger partial charge in [-0.15, -0.1) is 0 Å². The quantitative estimate of drug-likeness (QED) is 0.0850. The molecular weight excluding hydrogens is 771 g/mol.